The van der Waals surface area contributed by atoms with Crippen LogP contribution in [0.25, 0.3) is 0 Å². The largest absolute Gasteiger partial charge is 0.454 e. The molecule has 0 bridgehead atoms. The monoisotopic (exact) mass is 538 g/mol. The van der Waals surface area contributed by atoms with Gasteiger partial charge in [-0.05, 0) is 55.5 Å². The van der Waals surface area contributed by atoms with Crippen molar-refractivity contribution in [3.8, 4) is 0 Å². The zero-order valence-electron chi connectivity index (χ0n) is 19.6. The van der Waals surface area contributed by atoms with E-state index in [0.29, 0.717) is 18.5 Å². The fraction of sp³-hybridized carbons (Fsp3) is 0.333. The number of amides is 3. The standard InChI is InChI=1S/C27H27BrN2O5/c1-16-17(2)22(13-12-21(16)28)29-24(31)15-35-27(34)23(14-18-8-4-3-5-9-18)30-25(32)19-10-6-7-11-20(19)26(30)33/h3-9,12-13,19-20,23H,10-11,14-15H2,1-2H3,(H,29,31)/t19-,20-,23+/m1/s1. The number of likely N-dealkylation sites (tertiary alicyclic amines) is 1. The number of nitrogens with zero attached hydrogens (tertiary/aromatic N) is 1. The quantitative estimate of drug-likeness (QED) is 0.325. The van der Waals surface area contributed by atoms with Crippen molar-refractivity contribution in [3.63, 3.8) is 0 Å². The van der Waals surface area contributed by atoms with Crippen LogP contribution in [0.3, 0.4) is 0 Å². The Hall–Kier alpha value is -3.26. The molecule has 4 rings (SSSR count). The van der Waals surface area contributed by atoms with Crippen LogP contribution in [0.4, 0.5) is 5.69 Å². The van der Waals surface area contributed by atoms with Crippen LogP contribution in [0, 0.1) is 25.7 Å². The van der Waals surface area contributed by atoms with Gasteiger partial charge < -0.3 is 10.1 Å². The van der Waals surface area contributed by atoms with Gasteiger partial charge in [-0.3, -0.25) is 19.3 Å². The van der Waals surface area contributed by atoms with Gasteiger partial charge in [0.1, 0.15) is 6.04 Å². The zero-order chi connectivity index (χ0) is 25.1. The van der Waals surface area contributed by atoms with Crippen molar-refractivity contribution < 1.29 is 23.9 Å². The number of esters is 1. The summed E-state index contributed by atoms with van der Waals surface area (Å²) in [5.41, 5.74) is 3.29. The first kappa shape index (κ1) is 24.9. The van der Waals surface area contributed by atoms with Gasteiger partial charge in [-0.2, -0.15) is 0 Å². The molecule has 0 radical (unpaired) electrons. The second-order valence-electron chi connectivity index (χ2n) is 8.91. The highest BCUT2D eigenvalue weighted by Gasteiger charge is 2.51. The number of rotatable bonds is 7. The summed E-state index contributed by atoms with van der Waals surface area (Å²) in [6, 6.07) is 11.6. The molecule has 1 N–H and O–H groups in total. The molecule has 35 heavy (non-hydrogen) atoms. The van der Waals surface area contributed by atoms with Gasteiger partial charge in [-0.15, -0.1) is 0 Å². The van der Waals surface area contributed by atoms with E-state index in [1.807, 2.05) is 62.4 Å². The first-order chi connectivity index (χ1) is 16.8. The molecule has 3 atom stereocenters. The summed E-state index contributed by atoms with van der Waals surface area (Å²) >= 11 is 3.46. The van der Waals surface area contributed by atoms with E-state index < -0.39 is 36.4 Å². The number of benzene rings is 2. The SMILES string of the molecule is Cc1c(Br)ccc(NC(=O)COC(=O)[C@H](Cc2ccccc2)N2C(=O)[C@@H]3CC=CC[C@H]3C2=O)c1C. The average molecular weight is 539 g/mol. The van der Waals surface area contributed by atoms with Crippen molar-refractivity contribution in [2.45, 2.75) is 39.2 Å². The molecule has 2 aromatic carbocycles. The van der Waals surface area contributed by atoms with Gasteiger partial charge in [-0.1, -0.05) is 58.4 Å². The second-order valence-corrected chi connectivity index (χ2v) is 9.76. The van der Waals surface area contributed by atoms with Gasteiger partial charge >= 0.3 is 5.97 Å². The van der Waals surface area contributed by atoms with E-state index in [2.05, 4.69) is 21.2 Å². The molecule has 1 fully saturated rings. The van der Waals surface area contributed by atoms with E-state index in [1.54, 1.807) is 6.07 Å². The van der Waals surface area contributed by atoms with E-state index in [4.69, 9.17) is 4.74 Å². The third-order valence-electron chi connectivity index (χ3n) is 6.74. The lowest BCUT2D eigenvalue weighted by Gasteiger charge is -2.25. The van der Waals surface area contributed by atoms with E-state index in [-0.39, 0.29) is 18.2 Å². The van der Waals surface area contributed by atoms with Crippen LogP contribution in [0.5, 0.6) is 0 Å². The first-order valence-electron chi connectivity index (χ1n) is 11.6. The lowest BCUT2D eigenvalue weighted by Crippen LogP contribution is -2.48. The van der Waals surface area contributed by atoms with Crippen LogP contribution >= 0.6 is 15.9 Å². The number of nitrogens with one attached hydrogen (secondary N) is 1. The summed E-state index contributed by atoms with van der Waals surface area (Å²) in [7, 11) is 0. The minimum absolute atomic E-state index is 0.122. The number of ether oxygens (including phenoxy) is 1. The molecule has 0 saturated carbocycles. The van der Waals surface area contributed by atoms with Gasteiger partial charge in [0.05, 0.1) is 11.8 Å². The van der Waals surface area contributed by atoms with Gasteiger partial charge in [0.15, 0.2) is 6.61 Å². The number of anilines is 1. The van der Waals surface area contributed by atoms with Gasteiger partial charge in [0.2, 0.25) is 11.8 Å². The van der Waals surface area contributed by atoms with Gasteiger partial charge in [0.25, 0.3) is 5.91 Å². The van der Waals surface area contributed by atoms with Crippen LogP contribution < -0.4 is 5.32 Å². The highest BCUT2D eigenvalue weighted by molar-refractivity contribution is 9.10. The van der Waals surface area contributed by atoms with Crippen LogP contribution in [-0.2, 0) is 30.3 Å². The second kappa shape index (κ2) is 10.6. The number of fused-ring (bicyclic) bond motifs is 1. The number of hydrogen-bond donors (Lipinski definition) is 1. The van der Waals surface area contributed by atoms with Crippen molar-refractivity contribution in [3.05, 3.63) is 75.8 Å². The van der Waals surface area contributed by atoms with Crippen molar-refractivity contribution >= 4 is 45.3 Å². The van der Waals surface area contributed by atoms with E-state index >= 15 is 0 Å². The summed E-state index contributed by atoms with van der Waals surface area (Å²) in [6.07, 6.45) is 4.88. The highest BCUT2D eigenvalue weighted by Crippen LogP contribution is 2.37. The molecule has 7 nitrogen and oxygen atoms in total. The number of carbonyl (C=O) groups is 4. The summed E-state index contributed by atoms with van der Waals surface area (Å²) in [4.78, 5) is 53.1. The zero-order valence-corrected chi connectivity index (χ0v) is 21.2. The van der Waals surface area contributed by atoms with Gasteiger partial charge in [0, 0.05) is 16.6 Å². The lowest BCUT2D eigenvalue weighted by molar-refractivity contribution is -0.159. The minimum atomic E-state index is -1.13. The van der Waals surface area contributed by atoms with Gasteiger partial charge in [-0.25, -0.2) is 4.79 Å². The smallest absolute Gasteiger partial charge is 0.330 e. The third kappa shape index (κ3) is 5.22. The molecule has 0 spiro atoms. The molecule has 8 heteroatoms. The molecule has 182 valence electrons. The molecule has 1 heterocycles. The van der Waals surface area contributed by atoms with Crippen molar-refractivity contribution in [2.75, 3.05) is 11.9 Å². The summed E-state index contributed by atoms with van der Waals surface area (Å²) < 4.78 is 6.27. The third-order valence-corrected chi connectivity index (χ3v) is 7.60. The summed E-state index contributed by atoms with van der Waals surface area (Å²) in [5.74, 6) is -2.89. The Morgan fingerprint density at radius 3 is 2.26 bits per heavy atom. The van der Waals surface area contributed by atoms with E-state index in [0.717, 1.165) is 26.1 Å². The van der Waals surface area contributed by atoms with Crippen molar-refractivity contribution in [1.82, 2.24) is 4.90 Å². The normalized spacial score (nSPS) is 19.9. The molecule has 1 aliphatic carbocycles. The Labute approximate surface area is 212 Å². The predicted octanol–water partition coefficient (Wildman–Crippen LogP) is 4.11. The Morgan fingerprint density at radius 1 is 1.00 bits per heavy atom. The van der Waals surface area contributed by atoms with Crippen LogP contribution in [0.1, 0.15) is 29.5 Å². The first-order valence-corrected chi connectivity index (χ1v) is 12.3. The Balaban J connectivity index is 1.49. The fourth-order valence-corrected chi connectivity index (χ4v) is 5.02. The predicted molar refractivity (Wildman–Crippen MR) is 134 cm³/mol. The number of carbonyl (C=O) groups excluding carboxylic acids is 4. The molecule has 2 aliphatic rings. The molecule has 3 amide bonds. The maximum Gasteiger partial charge on any atom is 0.330 e. The molecule has 0 unspecified atom stereocenters. The molecule has 2 aromatic rings. The van der Waals surface area contributed by atoms with Crippen LogP contribution in [0.2, 0.25) is 0 Å². The van der Waals surface area contributed by atoms with E-state index in [1.165, 1.54) is 0 Å². The Morgan fingerprint density at radius 2 is 1.63 bits per heavy atom. The number of allylic oxidation sites excluding steroid dienone is 2. The maximum atomic E-state index is 13.2. The minimum Gasteiger partial charge on any atom is -0.454 e. The number of hydrogen-bond acceptors (Lipinski definition) is 5. The Kier molecular flexibility index (Phi) is 7.50. The van der Waals surface area contributed by atoms with Crippen molar-refractivity contribution in [1.29, 1.82) is 0 Å². The topological polar surface area (TPSA) is 92.8 Å². The summed E-state index contributed by atoms with van der Waals surface area (Å²) in [6.45, 7) is 3.29. The maximum absolute atomic E-state index is 13.2. The van der Waals surface area contributed by atoms with Crippen LogP contribution in [0.15, 0.2) is 59.1 Å². The molecule has 1 aliphatic heterocycles. The van der Waals surface area contributed by atoms with Crippen molar-refractivity contribution in [2.24, 2.45) is 11.8 Å². The average Bonchev–Trinajstić information content (AvgIpc) is 3.12. The lowest BCUT2D eigenvalue weighted by atomic mass is 9.85. The molecule has 0 aromatic heterocycles. The Bertz CT molecular complexity index is 1170. The fourth-order valence-electron chi connectivity index (χ4n) is 4.59. The summed E-state index contributed by atoms with van der Waals surface area (Å²) in [5, 5.41) is 2.76. The molecular weight excluding hydrogens is 512 g/mol. The molecular formula is C27H27BrN2O5. The number of imide groups is 1. The van der Waals surface area contributed by atoms with Crippen LogP contribution in [-0.4, -0.2) is 41.2 Å². The number of halogens is 1. The van der Waals surface area contributed by atoms with E-state index in [9.17, 15) is 19.2 Å². The highest BCUT2D eigenvalue weighted by atomic mass is 79.9. The molecule has 1 saturated heterocycles.